The maximum atomic E-state index is 6.12. The molecule has 0 unspecified atom stereocenters. The molecule has 2 aromatic carbocycles. The Morgan fingerprint density at radius 3 is 2.40 bits per heavy atom. The molecule has 3 heteroatoms. The molecule has 0 bridgehead atoms. The van der Waals surface area contributed by atoms with Crippen LogP contribution in [0, 0.1) is 0 Å². The van der Waals surface area contributed by atoms with Gasteiger partial charge in [0.05, 0.1) is 7.11 Å². The summed E-state index contributed by atoms with van der Waals surface area (Å²) in [5.41, 5.74) is 3.57. The Kier molecular flexibility index (Phi) is 5.05. The van der Waals surface area contributed by atoms with Gasteiger partial charge in [0, 0.05) is 17.6 Å². The maximum absolute atomic E-state index is 6.12. The predicted octanol–water partition coefficient (Wildman–Crippen LogP) is 4.51. The second-order valence-corrected chi connectivity index (χ2v) is 5.50. The van der Waals surface area contributed by atoms with Crippen LogP contribution in [0.2, 0.25) is 5.02 Å². The SMILES string of the molecule is COc1ccc(-c2ccc(Cl)cc2CNC(C)C)cc1. The van der Waals surface area contributed by atoms with Crippen LogP contribution in [0.4, 0.5) is 0 Å². The summed E-state index contributed by atoms with van der Waals surface area (Å²) in [4.78, 5) is 0. The minimum atomic E-state index is 0.442. The van der Waals surface area contributed by atoms with Gasteiger partial charge in [0.2, 0.25) is 0 Å². The minimum Gasteiger partial charge on any atom is -0.497 e. The van der Waals surface area contributed by atoms with Crippen molar-refractivity contribution in [1.29, 1.82) is 0 Å². The van der Waals surface area contributed by atoms with Crippen molar-refractivity contribution in [3.05, 3.63) is 53.1 Å². The van der Waals surface area contributed by atoms with Gasteiger partial charge in [0.25, 0.3) is 0 Å². The highest BCUT2D eigenvalue weighted by atomic mass is 35.5. The Balaban J connectivity index is 2.33. The molecule has 0 aliphatic rings. The van der Waals surface area contributed by atoms with Gasteiger partial charge in [-0.25, -0.2) is 0 Å². The van der Waals surface area contributed by atoms with Crippen LogP contribution in [-0.2, 0) is 6.54 Å². The van der Waals surface area contributed by atoms with Crippen LogP contribution in [0.5, 0.6) is 5.75 Å². The molecule has 0 aliphatic carbocycles. The number of ether oxygens (including phenoxy) is 1. The molecule has 2 aromatic rings. The third-order valence-electron chi connectivity index (χ3n) is 3.17. The van der Waals surface area contributed by atoms with E-state index in [1.807, 2.05) is 24.3 Å². The minimum absolute atomic E-state index is 0.442. The molecule has 0 spiro atoms. The molecule has 2 nitrogen and oxygen atoms in total. The number of hydrogen-bond donors (Lipinski definition) is 1. The van der Waals surface area contributed by atoms with Crippen molar-refractivity contribution < 1.29 is 4.74 Å². The molecule has 2 rings (SSSR count). The van der Waals surface area contributed by atoms with Crippen molar-refractivity contribution in [3.8, 4) is 16.9 Å². The largest absolute Gasteiger partial charge is 0.497 e. The van der Waals surface area contributed by atoms with Gasteiger partial charge in [-0.05, 0) is 41.0 Å². The van der Waals surface area contributed by atoms with Gasteiger partial charge in [0.1, 0.15) is 5.75 Å². The first kappa shape index (κ1) is 14.9. The zero-order chi connectivity index (χ0) is 14.5. The van der Waals surface area contributed by atoms with Crippen molar-refractivity contribution in [2.75, 3.05) is 7.11 Å². The van der Waals surface area contributed by atoms with E-state index in [4.69, 9.17) is 16.3 Å². The zero-order valence-electron chi connectivity index (χ0n) is 12.1. The molecule has 0 radical (unpaired) electrons. The third kappa shape index (κ3) is 3.75. The summed E-state index contributed by atoms with van der Waals surface area (Å²) in [6.45, 7) is 5.08. The van der Waals surface area contributed by atoms with Gasteiger partial charge in [-0.1, -0.05) is 43.6 Å². The first-order valence-corrected chi connectivity index (χ1v) is 7.14. The molecule has 106 valence electrons. The molecule has 0 atom stereocenters. The molecule has 0 saturated carbocycles. The Morgan fingerprint density at radius 2 is 1.80 bits per heavy atom. The highest BCUT2D eigenvalue weighted by Crippen LogP contribution is 2.28. The van der Waals surface area contributed by atoms with E-state index in [0.717, 1.165) is 17.3 Å². The summed E-state index contributed by atoms with van der Waals surface area (Å²) in [5.74, 6) is 0.865. The number of hydrogen-bond acceptors (Lipinski definition) is 2. The summed E-state index contributed by atoms with van der Waals surface area (Å²) in [7, 11) is 1.68. The van der Waals surface area contributed by atoms with Gasteiger partial charge in [-0.15, -0.1) is 0 Å². The Hall–Kier alpha value is -1.51. The Labute approximate surface area is 125 Å². The number of benzene rings is 2. The van der Waals surface area contributed by atoms with Crippen LogP contribution in [-0.4, -0.2) is 13.2 Å². The molecule has 0 fully saturated rings. The zero-order valence-corrected chi connectivity index (χ0v) is 12.9. The van der Waals surface area contributed by atoms with Gasteiger partial charge in [0.15, 0.2) is 0 Å². The quantitative estimate of drug-likeness (QED) is 0.874. The molecule has 20 heavy (non-hydrogen) atoms. The average molecular weight is 290 g/mol. The molecular formula is C17H20ClNO. The van der Waals surface area contributed by atoms with Crippen molar-refractivity contribution in [3.63, 3.8) is 0 Å². The van der Waals surface area contributed by atoms with E-state index in [2.05, 4.69) is 37.4 Å². The van der Waals surface area contributed by atoms with Gasteiger partial charge in [-0.3, -0.25) is 0 Å². The first-order chi connectivity index (χ1) is 9.60. The van der Waals surface area contributed by atoms with Crippen LogP contribution in [0.3, 0.4) is 0 Å². The highest BCUT2D eigenvalue weighted by molar-refractivity contribution is 6.30. The highest BCUT2D eigenvalue weighted by Gasteiger charge is 2.07. The molecule has 0 aliphatic heterocycles. The van der Waals surface area contributed by atoms with E-state index < -0.39 is 0 Å². The summed E-state index contributed by atoms with van der Waals surface area (Å²) in [6.07, 6.45) is 0. The van der Waals surface area contributed by atoms with E-state index in [0.29, 0.717) is 6.04 Å². The number of rotatable bonds is 5. The second-order valence-electron chi connectivity index (χ2n) is 5.07. The van der Waals surface area contributed by atoms with Crippen LogP contribution in [0.15, 0.2) is 42.5 Å². The predicted molar refractivity (Wildman–Crippen MR) is 85.4 cm³/mol. The van der Waals surface area contributed by atoms with E-state index in [1.54, 1.807) is 7.11 Å². The van der Waals surface area contributed by atoms with Crippen LogP contribution >= 0.6 is 11.6 Å². The van der Waals surface area contributed by atoms with Crippen molar-refractivity contribution in [2.45, 2.75) is 26.4 Å². The van der Waals surface area contributed by atoms with Gasteiger partial charge in [-0.2, -0.15) is 0 Å². The third-order valence-corrected chi connectivity index (χ3v) is 3.40. The van der Waals surface area contributed by atoms with Crippen LogP contribution < -0.4 is 10.1 Å². The number of halogens is 1. The summed E-state index contributed by atoms with van der Waals surface area (Å²) >= 11 is 6.12. The Morgan fingerprint density at radius 1 is 1.10 bits per heavy atom. The standard InChI is InChI=1S/C17H20ClNO/c1-12(2)19-11-14-10-15(18)6-9-17(14)13-4-7-16(20-3)8-5-13/h4-10,12,19H,11H2,1-3H3. The molecule has 0 aromatic heterocycles. The fourth-order valence-corrected chi connectivity index (χ4v) is 2.27. The summed E-state index contributed by atoms with van der Waals surface area (Å²) < 4.78 is 5.20. The smallest absolute Gasteiger partial charge is 0.118 e. The van der Waals surface area contributed by atoms with Crippen LogP contribution in [0.1, 0.15) is 19.4 Å². The monoisotopic (exact) mass is 289 g/mol. The lowest BCUT2D eigenvalue weighted by molar-refractivity contribution is 0.415. The van der Waals surface area contributed by atoms with E-state index in [9.17, 15) is 0 Å². The molecule has 0 heterocycles. The topological polar surface area (TPSA) is 21.3 Å². The first-order valence-electron chi connectivity index (χ1n) is 6.76. The lowest BCUT2D eigenvalue weighted by atomic mass is 9.99. The molecule has 0 saturated heterocycles. The molecular weight excluding hydrogens is 270 g/mol. The normalized spacial score (nSPS) is 10.8. The van der Waals surface area contributed by atoms with Crippen molar-refractivity contribution in [1.82, 2.24) is 5.32 Å². The molecule has 1 N–H and O–H groups in total. The lowest BCUT2D eigenvalue weighted by Crippen LogP contribution is -2.22. The summed E-state index contributed by atoms with van der Waals surface area (Å²) in [5, 5.41) is 4.20. The lowest BCUT2D eigenvalue weighted by Gasteiger charge is -2.14. The Bertz CT molecular complexity index is 564. The van der Waals surface area contributed by atoms with E-state index in [1.165, 1.54) is 16.7 Å². The molecule has 0 amide bonds. The average Bonchev–Trinajstić information content (AvgIpc) is 2.45. The fourth-order valence-electron chi connectivity index (χ4n) is 2.07. The van der Waals surface area contributed by atoms with Gasteiger partial charge < -0.3 is 10.1 Å². The second kappa shape index (κ2) is 6.78. The van der Waals surface area contributed by atoms with E-state index in [-0.39, 0.29) is 0 Å². The van der Waals surface area contributed by atoms with Crippen LogP contribution in [0.25, 0.3) is 11.1 Å². The van der Waals surface area contributed by atoms with E-state index >= 15 is 0 Å². The fraction of sp³-hybridized carbons (Fsp3) is 0.294. The van der Waals surface area contributed by atoms with Gasteiger partial charge >= 0.3 is 0 Å². The van der Waals surface area contributed by atoms with Crippen molar-refractivity contribution in [2.24, 2.45) is 0 Å². The van der Waals surface area contributed by atoms with Crippen molar-refractivity contribution >= 4 is 11.6 Å². The summed E-state index contributed by atoms with van der Waals surface area (Å²) in [6, 6.07) is 14.6. The number of nitrogens with one attached hydrogen (secondary N) is 1. The maximum Gasteiger partial charge on any atom is 0.118 e. The number of methoxy groups -OCH3 is 1.